The van der Waals surface area contributed by atoms with Crippen molar-refractivity contribution in [2.45, 2.75) is 11.3 Å². The number of rotatable bonds is 4. The predicted octanol–water partition coefficient (Wildman–Crippen LogP) is 4.01. The van der Waals surface area contributed by atoms with Crippen LogP contribution in [0, 0.1) is 17.5 Å². The van der Waals surface area contributed by atoms with Crippen molar-refractivity contribution in [2.24, 2.45) is 5.14 Å². The Morgan fingerprint density at radius 1 is 1.04 bits per heavy atom. The molecule has 3 aromatic rings. The Morgan fingerprint density at radius 3 is 2.33 bits per heavy atom. The minimum atomic E-state index is -4.59. The van der Waals surface area contributed by atoms with Gasteiger partial charge in [0.1, 0.15) is 28.0 Å². The highest BCUT2D eigenvalue weighted by atomic mass is 32.2. The van der Waals surface area contributed by atoms with Gasteiger partial charge >= 0.3 is 0 Å². The van der Waals surface area contributed by atoms with Gasteiger partial charge in [-0.15, -0.1) is 0 Å². The summed E-state index contributed by atoms with van der Waals surface area (Å²) < 4.78 is 95.7. The molecule has 3 rings (SSSR count). The van der Waals surface area contributed by atoms with Crippen LogP contribution in [0.4, 0.5) is 22.0 Å². The molecular formula is C16H9F5N2O3S. The molecule has 5 nitrogen and oxygen atoms in total. The van der Waals surface area contributed by atoms with Gasteiger partial charge in [0, 0.05) is 11.1 Å². The smallest absolute Gasteiger partial charge is 0.298 e. The molecule has 142 valence electrons. The Morgan fingerprint density at radius 2 is 1.74 bits per heavy atom. The van der Waals surface area contributed by atoms with Crippen LogP contribution in [0.1, 0.15) is 12.2 Å². The van der Waals surface area contributed by atoms with Gasteiger partial charge in [-0.25, -0.2) is 35.5 Å². The van der Waals surface area contributed by atoms with Gasteiger partial charge in [-0.3, -0.25) is 0 Å². The second kappa shape index (κ2) is 6.74. The molecule has 11 heteroatoms. The Balaban J connectivity index is 2.31. The van der Waals surface area contributed by atoms with Crippen molar-refractivity contribution in [1.29, 1.82) is 0 Å². The van der Waals surface area contributed by atoms with Crippen molar-refractivity contribution in [1.82, 2.24) is 5.16 Å². The molecule has 0 saturated heterocycles. The molecule has 0 unspecified atom stereocenters. The molecule has 0 aliphatic rings. The lowest BCUT2D eigenvalue weighted by atomic mass is 9.98. The number of halogens is 5. The van der Waals surface area contributed by atoms with E-state index in [0.29, 0.717) is 6.07 Å². The molecular weight excluding hydrogens is 395 g/mol. The minimum absolute atomic E-state index is 0.0315. The predicted molar refractivity (Wildman–Crippen MR) is 83.6 cm³/mol. The molecule has 0 amide bonds. The molecule has 2 aromatic carbocycles. The Kier molecular flexibility index (Phi) is 4.74. The zero-order valence-corrected chi connectivity index (χ0v) is 13.9. The SMILES string of the molecule is NS(=O)(=O)c1cc(F)c(-c2c(-c3cccc(F)c3)noc2C(F)F)cc1F. The van der Waals surface area contributed by atoms with Gasteiger partial charge in [0.25, 0.3) is 6.43 Å². The summed E-state index contributed by atoms with van der Waals surface area (Å²) in [4.78, 5) is -1.15. The van der Waals surface area contributed by atoms with Gasteiger partial charge in [-0.2, -0.15) is 0 Å². The Hall–Kier alpha value is -2.79. The van der Waals surface area contributed by atoms with Gasteiger partial charge in [0.15, 0.2) is 0 Å². The fourth-order valence-electron chi connectivity index (χ4n) is 2.48. The molecule has 0 bridgehead atoms. The minimum Gasteiger partial charge on any atom is -0.354 e. The normalized spacial score (nSPS) is 12.0. The summed E-state index contributed by atoms with van der Waals surface area (Å²) in [6, 6.07) is 5.22. The molecule has 0 saturated carbocycles. The summed E-state index contributed by atoms with van der Waals surface area (Å²) in [6.07, 6.45) is -3.25. The first-order valence-corrected chi connectivity index (χ1v) is 8.70. The van der Waals surface area contributed by atoms with Crippen LogP contribution >= 0.6 is 0 Å². The van der Waals surface area contributed by atoms with Crippen LogP contribution < -0.4 is 5.14 Å². The van der Waals surface area contributed by atoms with E-state index >= 15 is 0 Å². The number of primary sulfonamides is 1. The van der Waals surface area contributed by atoms with E-state index in [1.54, 1.807) is 0 Å². The highest BCUT2D eigenvalue weighted by Gasteiger charge is 2.29. The quantitative estimate of drug-likeness (QED) is 0.666. The maximum absolute atomic E-state index is 14.5. The third-order valence-corrected chi connectivity index (χ3v) is 4.54. The van der Waals surface area contributed by atoms with E-state index in [9.17, 15) is 30.4 Å². The van der Waals surface area contributed by atoms with Gasteiger partial charge in [-0.05, 0) is 24.3 Å². The van der Waals surface area contributed by atoms with Crippen molar-refractivity contribution >= 4 is 10.0 Å². The average molecular weight is 404 g/mol. The number of hydrogen-bond donors (Lipinski definition) is 1. The Bertz CT molecular complexity index is 1130. The van der Waals surface area contributed by atoms with Crippen LogP contribution in [0.15, 0.2) is 45.8 Å². The van der Waals surface area contributed by atoms with Crippen molar-refractivity contribution < 1.29 is 34.9 Å². The third kappa shape index (κ3) is 3.55. The standard InChI is InChI=1S/C16H9F5N2O3S/c17-8-3-1-2-7(4-8)14-13(15(16(20)21)26-23-14)9-5-11(19)12(6-10(9)18)27(22,24)25/h1-6,16H,(H2,22,24,25). The van der Waals surface area contributed by atoms with E-state index in [1.807, 2.05) is 0 Å². The molecule has 27 heavy (non-hydrogen) atoms. The number of nitrogens with zero attached hydrogens (tertiary/aromatic N) is 1. The maximum atomic E-state index is 14.5. The fraction of sp³-hybridized carbons (Fsp3) is 0.0625. The molecule has 0 spiro atoms. The Labute approximate surface area is 149 Å². The second-order valence-corrected chi connectivity index (χ2v) is 6.92. The molecule has 1 heterocycles. The van der Waals surface area contributed by atoms with Crippen molar-refractivity contribution in [3.63, 3.8) is 0 Å². The van der Waals surface area contributed by atoms with E-state index < -0.39 is 55.7 Å². The van der Waals surface area contributed by atoms with Crippen LogP contribution in [0.5, 0.6) is 0 Å². The van der Waals surface area contributed by atoms with Crippen LogP contribution in [0.2, 0.25) is 0 Å². The van der Waals surface area contributed by atoms with E-state index in [-0.39, 0.29) is 17.3 Å². The highest BCUT2D eigenvalue weighted by molar-refractivity contribution is 7.89. The third-order valence-electron chi connectivity index (χ3n) is 3.61. The average Bonchev–Trinajstić information content (AvgIpc) is 3.00. The summed E-state index contributed by atoms with van der Waals surface area (Å²) >= 11 is 0. The van der Waals surface area contributed by atoms with E-state index in [4.69, 9.17) is 5.14 Å². The maximum Gasteiger partial charge on any atom is 0.298 e. The number of hydrogen-bond acceptors (Lipinski definition) is 4. The van der Waals surface area contributed by atoms with Gasteiger partial charge in [-0.1, -0.05) is 17.3 Å². The lowest BCUT2D eigenvalue weighted by Gasteiger charge is -2.09. The monoisotopic (exact) mass is 404 g/mol. The molecule has 0 radical (unpaired) electrons. The number of benzene rings is 2. The molecule has 0 atom stereocenters. The summed E-state index contributed by atoms with van der Waals surface area (Å²) in [7, 11) is -4.59. The largest absolute Gasteiger partial charge is 0.354 e. The first-order valence-electron chi connectivity index (χ1n) is 7.15. The molecule has 0 aliphatic carbocycles. The first kappa shape index (κ1) is 19.0. The fourth-order valence-corrected chi connectivity index (χ4v) is 3.08. The van der Waals surface area contributed by atoms with Crippen LogP contribution in [0.25, 0.3) is 22.4 Å². The second-order valence-electron chi connectivity index (χ2n) is 5.39. The van der Waals surface area contributed by atoms with Crippen LogP contribution in [-0.4, -0.2) is 13.6 Å². The number of alkyl halides is 2. The zero-order valence-electron chi connectivity index (χ0n) is 13.1. The van der Waals surface area contributed by atoms with Crippen molar-refractivity contribution in [2.75, 3.05) is 0 Å². The van der Waals surface area contributed by atoms with E-state index in [1.165, 1.54) is 12.1 Å². The van der Waals surface area contributed by atoms with Gasteiger partial charge in [0.2, 0.25) is 15.8 Å². The first-order chi connectivity index (χ1) is 12.6. The number of aromatic nitrogens is 1. The lowest BCUT2D eigenvalue weighted by Crippen LogP contribution is -2.14. The number of nitrogens with two attached hydrogens (primary N) is 1. The van der Waals surface area contributed by atoms with E-state index in [0.717, 1.165) is 12.1 Å². The summed E-state index contributed by atoms with van der Waals surface area (Å²) in [5.41, 5.74) is -1.77. The molecule has 2 N–H and O–H groups in total. The molecule has 1 aromatic heterocycles. The highest BCUT2D eigenvalue weighted by Crippen LogP contribution is 2.41. The summed E-state index contributed by atoms with van der Waals surface area (Å²) in [6.45, 7) is 0. The topological polar surface area (TPSA) is 86.2 Å². The summed E-state index contributed by atoms with van der Waals surface area (Å²) in [5, 5.41) is 8.20. The van der Waals surface area contributed by atoms with Crippen molar-refractivity contribution in [3.05, 3.63) is 59.6 Å². The van der Waals surface area contributed by atoms with Crippen LogP contribution in [-0.2, 0) is 10.0 Å². The molecule has 0 fully saturated rings. The van der Waals surface area contributed by atoms with E-state index in [2.05, 4.69) is 9.68 Å². The van der Waals surface area contributed by atoms with Gasteiger partial charge < -0.3 is 4.52 Å². The zero-order chi connectivity index (χ0) is 19.9. The molecule has 0 aliphatic heterocycles. The van der Waals surface area contributed by atoms with Crippen molar-refractivity contribution in [3.8, 4) is 22.4 Å². The summed E-state index contributed by atoms with van der Waals surface area (Å²) in [5.74, 6) is -4.63. The van der Waals surface area contributed by atoms with Gasteiger partial charge in [0.05, 0.1) is 5.56 Å². The van der Waals surface area contributed by atoms with Crippen LogP contribution in [0.3, 0.4) is 0 Å². The lowest BCUT2D eigenvalue weighted by molar-refractivity contribution is 0.113. The number of sulfonamides is 1.